The normalized spacial score (nSPS) is 15.6. The molecule has 0 heterocycles. The second-order valence-corrected chi connectivity index (χ2v) is 17.4. The summed E-state index contributed by atoms with van der Waals surface area (Å²) in [5, 5.41) is 8.60. The monoisotopic (exact) mass is 755 g/mol. The summed E-state index contributed by atoms with van der Waals surface area (Å²) in [6, 6.07) is 4.63. The fourth-order valence-electron chi connectivity index (χ4n) is 5.99. The smallest absolute Gasteiger partial charge is 0.329 e. The van der Waals surface area contributed by atoms with Crippen LogP contribution in [0.1, 0.15) is 139 Å². The Morgan fingerprint density at radius 1 is 0.778 bits per heavy atom. The zero-order valence-electron chi connectivity index (χ0n) is 34.5. The van der Waals surface area contributed by atoms with Gasteiger partial charge >= 0.3 is 23.9 Å². The van der Waals surface area contributed by atoms with Gasteiger partial charge in [-0.25, -0.2) is 14.4 Å². The van der Waals surface area contributed by atoms with E-state index < -0.39 is 47.2 Å². The van der Waals surface area contributed by atoms with Gasteiger partial charge in [0, 0.05) is 31.5 Å². The number of carbonyl (C=O) groups excluding carboxylic acids is 6. The standard InChI is InChI=1S/C42H65N3O9/c1-12-28-16-18-29(19-17-28)26-52-37(49)30(15-13-14-22-43-32(23-27(2)3)36-33(46)24-42(10,11)25-34(36)47)44-39(51)45-31(38(50)54-41(7,8)9)20-21-35(48)53-40(4,5)6/h16-19,27,30-31,43H,12-15,20-26H2,1-11H3,(H2,44,45,51). The number of Topliss-reactive ketones (excluding diaryl/α,β-unsaturated/α-hetero) is 2. The molecule has 2 atom stereocenters. The molecule has 54 heavy (non-hydrogen) atoms. The average molecular weight is 756 g/mol. The molecule has 0 aromatic heterocycles. The molecule has 1 saturated carbocycles. The maximum atomic E-state index is 13.4. The second kappa shape index (κ2) is 20.5. The maximum absolute atomic E-state index is 13.4. The van der Waals surface area contributed by atoms with E-state index in [4.69, 9.17) is 14.2 Å². The highest BCUT2D eigenvalue weighted by Crippen LogP contribution is 2.35. The number of unbranched alkanes of at least 4 members (excludes halogenated alkanes) is 1. The number of hydrogen-bond donors (Lipinski definition) is 3. The molecule has 1 aliphatic carbocycles. The lowest BCUT2D eigenvalue weighted by molar-refractivity contribution is -0.158. The summed E-state index contributed by atoms with van der Waals surface area (Å²) in [5.74, 6) is -1.98. The summed E-state index contributed by atoms with van der Waals surface area (Å²) in [5.41, 5.74) is 0.912. The van der Waals surface area contributed by atoms with E-state index in [1.165, 1.54) is 0 Å². The Morgan fingerprint density at radius 3 is 1.83 bits per heavy atom. The molecular formula is C42H65N3O9. The van der Waals surface area contributed by atoms with Crippen molar-refractivity contribution in [3.8, 4) is 0 Å². The molecule has 1 aromatic rings. The van der Waals surface area contributed by atoms with Crippen molar-refractivity contribution in [2.24, 2.45) is 11.3 Å². The van der Waals surface area contributed by atoms with Crippen molar-refractivity contribution in [1.82, 2.24) is 16.0 Å². The van der Waals surface area contributed by atoms with E-state index in [-0.39, 0.29) is 54.3 Å². The van der Waals surface area contributed by atoms with Crippen LogP contribution in [0.15, 0.2) is 35.5 Å². The van der Waals surface area contributed by atoms with Gasteiger partial charge in [-0.2, -0.15) is 0 Å². The first-order valence-electron chi connectivity index (χ1n) is 19.3. The average Bonchev–Trinajstić information content (AvgIpc) is 3.02. The van der Waals surface area contributed by atoms with Gasteiger partial charge in [0.2, 0.25) is 0 Å². The van der Waals surface area contributed by atoms with Crippen LogP contribution in [-0.2, 0) is 51.2 Å². The molecular weight excluding hydrogens is 690 g/mol. The first-order valence-corrected chi connectivity index (χ1v) is 19.3. The van der Waals surface area contributed by atoms with Gasteiger partial charge in [0.1, 0.15) is 29.9 Å². The Balaban J connectivity index is 2.18. The quantitative estimate of drug-likeness (QED) is 0.0476. The van der Waals surface area contributed by atoms with Gasteiger partial charge in [0.15, 0.2) is 11.6 Å². The fourth-order valence-corrected chi connectivity index (χ4v) is 5.99. The highest BCUT2D eigenvalue weighted by atomic mass is 16.6. The summed E-state index contributed by atoms with van der Waals surface area (Å²) < 4.78 is 16.5. The van der Waals surface area contributed by atoms with E-state index >= 15 is 0 Å². The van der Waals surface area contributed by atoms with Gasteiger partial charge in [-0.15, -0.1) is 0 Å². The van der Waals surface area contributed by atoms with Crippen LogP contribution in [0.5, 0.6) is 0 Å². The SMILES string of the molecule is CCc1ccc(COC(=O)C(CCCCNC(CC(C)C)=C2C(=O)CC(C)(C)CC2=O)NC(=O)NC(CCC(=O)OC(C)(C)C)C(=O)OC(C)(C)C)cc1. The molecule has 0 saturated heterocycles. The summed E-state index contributed by atoms with van der Waals surface area (Å²) in [6.07, 6.45) is 3.06. The summed E-state index contributed by atoms with van der Waals surface area (Å²) in [6.45, 7) is 20.7. The van der Waals surface area contributed by atoms with Crippen LogP contribution in [0.25, 0.3) is 0 Å². The lowest BCUT2D eigenvalue weighted by atomic mass is 9.73. The first-order chi connectivity index (χ1) is 25.0. The van der Waals surface area contributed by atoms with Crippen LogP contribution in [0.4, 0.5) is 4.79 Å². The van der Waals surface area contributed by atoms with Gasteiger partial charge in [-0.3, -0.25) is 14.4 Å². The number of allylic oxidation sites excluding steroid dienone is 2. The number of esters is 3. The van der Waals surface area contributed by atoms with E-state index in [1.54, 1.807) is 41.5 Å². The molecule has 0 spiro atoms. The zero-order chi connectivity index (χ0) is 40.9. The van der Waals surface area contributed by atoms with E-state index in [0.29, 0.717) is 44.3 Å². The van der Waals surface area contributed by atoms with E-state index in [1.807, 2.05) is 52.0 Å². The molecule has 2 amide bonds. The molecule has 1 fully saturated rings. The molecule has 0 bridgehead atoms. The number of carbonyl (C=O) groups is 6. The Labute approximate surface area is 322 Å². The lowest BCUT2D eigenvalue weighted by Gasteiger charge is -2.30. The largest absolute Gasteiger partial charge is 0.460 e. The highest BCUT2D eigenvalue weighted by Gasteiger charge is 2.37. The molecule has 302 valence electrons. The molecule has 0 aliphatic heterocycles. The van der Waals surface area contributed by atoms with Crippen LogP contribution in [-0.4, -0.2) is 65.3 Å². The molecule has 1 aliphatic rings. The second-order valence-electron chi connectivity index (χ2n) is 17.4. The number of hydrogen-bond acceptors (Lipinski definition) is 10. The number of nitrogens with one attached hydrogen (secondary N) is 3. The molecule has 12 nitrogen and oxygen atoms in total. The van der Waals surface area contributed by atoms with Crippen LogP contribution < -0.4 is 16.0 Å². The highest BCUT2D eigenvalue weighted by molar-refractivity contribution is 6.22. The number of amides is 2. The van der Waals surface area contributed by atoms with Crippen LogP contribution in [0, 0.1) is 11.3 Å². The van der Waals surface area contributed by atoms with Gasteiger partial charge in [-0.1, -0.05) is 58.9 Å². The fraction of sp³-hybridized carbons (Fsp3) is 0.667. The minimum atomic E-state index is -1.20. The van der Waals surface area contributed by atoms with Crippen molar-refractivity contribution < 1.29 is 43.0 Å². The predicted octanol–water partition coefficient (Wildman–Crippen LogP) is 6.81. The third-order valence-corrected chi connectivity index (χ3v) is 8.46. The molecule has 12 heteroatoms. The Hall–Kier alpha value is -4.22. The molecule has 2 rings (SSSR count). The van der Waals surface area contributed by atoms with Gasteiger partial charge < -0.3 is 30.2 Å². The molecule has 1 aromatic carbocycles. The van der Waals surface area contributed by atoms with E-state index in [2.05, 4.69) is 22.9 Å². The van der Waals surface area contributed by atoms with E-state index in [9.17, 15) is 28.8 Å². The molecule has 3 N–H and O–H groups in total. The topological polar surface area (TPSA) is 166 Å². The summed E-state index contributed by atoms with van der Waals surface area (Å²) >= 11 is 0. The number of ether oxygens (including phenoxy) is 3. The molecule has 2 unspecified atom stereocenters. The maximum Gasteiger partial charge on any atom is 0.329 e. The number of aryl methyl sites for hydroxylation is 1. The Morgan fingerprint density at radius 2 is 1.31 bits per heavy atom. The minimum Gasteiger partial charge on any atom is -0.460 e. The van der Waals surface area contributed by atoms with Crippen molar-refractivity contribution >= 4 is 35.5 Å². The third kappa shape index (κ3) is 17.3. The van der Waals surface area contributed by atoms with Crippen molar-refractivity contribution in [2.45, 2.75) is 164 Å². The lowest BCUT2D eigenvalue weighted by Crippen LogP contribution is -2.52. The summed E-state index contributed by atoms with van der Waals surface area (Å²) in [7, 11) is 0. The number of urea groups is 1. The number of ketones is 2. The number of benzene rings is 1. The van der Waals surface area contributed by atoms with Crippen molar-refractivity contribution in [1.29, 1.82) is 0 Å². The Kier molecular flexibility index (Phi) is 17.4. The van der Waals surface area contributed by atoms with Crippen molar-refractivity contribution in [3.05, 3.63) is 46.7 Å². The van der Waals surface area contributed by atoms with Crippen molar-refractivity contribution in [3.63, 3.8) is 0 Å². The van der Waals surface area contributed by atoms with Gasteiger partial charge in [0.25, 0.3) is 0 Å². The van der Waals surface area contributed by atoms with Gasteiger partial charge in [0.05, 0.1) is 5.57 Å². The summed E-state index contributed by atoms with van der Waals surface area (Å²) in [4.78, 5) is 78.5. The zero-order valence-corrected chi connectivity index (χ0v) is 34.5. The predicted molar refractivity (Wildman–Crippen MR) is 207 cm³/mol. The molecule has 0 radical (unpaired) electrons. The van der Waals surface area contributed by atoms with Gasteiger partial charge in [-0.05, 0) is 103 Å². The Bertz CT molecular complexity index is 1480. The minimum absolute atomic E-state index is 0.00556. The van der Waals surface area contributed by atoms with Crippen LogP contribution >= 0.6 is 0 Å². The van der Waals surface area contributed by atoms with Crippen LogP contribution in [0.3, 0.4) is 0 Å². The first kappa shape index (κ1) is 45.9. The third-order valence-electron chi connectivity index (χ3n) is 8.46. The van der Waals surface area contributed by atoms with Crippen LogP contribution in [0.2, 0.25) is 0 Å². The van der Waals surface area contributed by atoms with E-state index in [0.717, 1.165) is 17.5 Å². The number of rotatable bonds is 18. The van der Waals surface area contributed by atoms with Crippen molar-refractivity contribution in [2.75, 3.05) is 6.54 Å².